The van der Waals surface area contributed by atoms with Gasteiger partial charge in [0, 0.05) is 19.6 Å². The van der Waals surface area contributed by atoms with Gasteiger partial charge in [-0.3, -0.25) is 4.90 Å². The Morgan fingerprint density at radius 2 is 2.29 bits per heavy atom. The Hall–Kier alpha value is -0.630. The standard InChI is InChI=1S/C13H25N3O/c1-5-6-15-12(7-14)9-16-8-11(2)17-13(3,4)10-16/h11-12,15H,5-6,8-10H2,1-4H3. The van der Waals surface area contributed by atoms with E-state index in [1.54, 1.807) is 0 Å². The predicted octanol–water partition coefficient (Wildman–Crippen LogP) is 1.38. The molecule has 0 amide bonds. The number of hydrogen-bond acceptors (Lipinski definition) is 4. The van der Waals surface area contributed by atoms with Gasteiger partial charge in [-0.25, -0.2) is 0 Å². The fourth-order valence-corrected chi connectivity index (χ4v) is 2.45. The molecule has 0 bridgehead atoms. The highest BCUT2D eigenvalue weighted by Crippen LogP contribution is 2.20. The van der Waals surface area contributed by atoms with Gasteiger partial charge in [-0.1, -0.05) is 6.92 Å². The molecule has 1 heterocycles. The van der Waals surface area contributed by atoms with Crippen LogP contribution in [0.3, 0.4) is 0 Å². The zero-order valence-corrected chi connectivity index (χ0v) is 11.5. The second-order valence-corrected chi connectivity index (χ2v) is 5.52. The van der Waals surface area contributed by atoms with E-state index in [1.807, 2.05) is 0 Å². The van der Waals surface area contributed by atoms with E-state index in [2.05, 4.69) is 44.0 Å². The van der Waals surface area contributed by atoms with Crippen molar-refractivity contribution in [1.82, 2.24) is 10.2 Å². The average molecular weight is 239 g/mol. The van der Waals surface area contributed by atoms with Gasteiger partial charge in [0.15, 0.2) is 0 Å². The Balaban J connectivity index is 2.46. The van der Waals surface area contributed by atoms with Gasteiger partial charge in [0.2, 0.25) is 0 Å². The number of ether oxygens (including phenoxy) is 1. The van der Waals surface area contributed by atoms with E-state index in [1.165, 1.54) is 0 Å². The summed E-state index contributed by atoms with van der Waals surface area (Å²) in [6, 6.07) is 2.26. The fourth-order valence-electron chi connectivity index (χ4n) is 2.45. The van der Waals surface area contributed by atoms with Crippen LogP contribution in [0.25, 0.3) is 0 Å². The minimum Gasteiger partial charge on any atom is -0.370 e. The fraction of sp³-hybridized carbons (Fsp3) is 0.923. The minimum atomic E-state index is -0.109. The summed E-state index contributed by atoms with van der Waals surface area (Å²) in [6.07, 6.45) is 1.30. The first-order valence-electron chi connectivity index (χ1n) is 6.50. The van der Waals surface area contributed by atoms with Crippen molar-refractivity contribution in [3.8, 4) is 6.07 Å². The van der Waals surface area contributed by atoms with Crippen LogP contribution < -0.4 is 5.32 Å². The van der Waals surface area contributed by atoms with Gasteiger partial charge in [-0.2, -0.15) is 5.26 Å². The van der Waals surface area contributed by atoms with Crippen LogP contribution in [0.1, 0.15) is 34.1 Å². The molecule has 0 aromatic carbocycles. The summed E-state index contributed by atoms with van der Waals surface area (Å²) in [4.78, 5) is 2.32. The van der Waals surface area contributed by atoms with Crippen LogP contribution in [0.5, 0.6) is 0 Å². The second kappa shape index (κ2) is 6.34. The van der Waals surface area contributed by atoms with Gasteiger partial charge in [0.1, 0.15) is 6.04 Å². The van der Waals surface area contributed by atoms with Gasteiger partial charge in [-0.05, 0) is 33.7 Å². The molecule has 4 nitrogen and oxygen atoms in total. The van der Waals surface area contributed by atoms with E-state index in [4.69, 9.17) is 10.00 Å². The van der Waals surface area contributed by atoms with Crippen molar-refractivity contribution in [2.75, 3.05) is 26.2 Å². The molecule has 1 aliphatic rings. The summed E-state index contributed by atoms with van der Waals surface area (Å²) in [7, 11) is 0. The second-order valence-electron chi connectivity index (χ2n) is 5.52. The van der Waals surface area contributed by atoms with Gasteiger partial charge >= 0.3 is 0 Å². The normalized spacial score (nSPS) is 26.4. The SMILES string of the molecule is CCCNC(C#N)CN1CC(C)OC(C)(C)C1. The Morgan fingerprint density at radius 1 is 1.59 bits per heavy atom. The topological polar surface area (TPSA) is 48.3 Å². The van der Waals surface area contributed by atoms with E-state index in [0.717, 1.165) is 32.6 Å². The Labute approximate surface area is 105 Å². The molecular weight excluding hydrogens is 214 g/mol. The van der Waals surface area contributed by atoms with Crippen LogP contribution in [0.4, 0.5) is 0 Å². The number of nitrogens with zero attached hydrogens (tertiary/aromatic N) is 2. The molecule has 0 radical (unpaired) electrons. The highest BCUT2D eigenvalue weighted by Gasteiger charge is 2.32. The van der Waals surface area contributed by atoms with Gasteiger partial charge in [-0.15, -0.1) is 0 Å². The zero-order valence-electron chi connectivity index (χ0n) is 11.5. The molecule has 0 spiro atoms. The Kier molecular flexibility index (Phi) is 5.38. The first-order valence-corrected chi connectivity index (χ1v) is 6.50. The third-order valence-electron chi connectivity index (χ3n) is 2.88. The smallest absolute Gasteiger partial charge is 0.108 e. The molecule has 0 saturated carbocycles. The largest absolute Gasteiger partial charge is 0.370 e. The molecule has 0 aromatic rings. The van der Waals surface area contributed by atoms with Gasteiger partial charge < -0.3 is 10.1 Å². The van der Waals surface area contributed by atoms with Crippen molar-refractivity contribution in [3.63, 3.8) is 0 Å². The van der Waals surface area contributed by atoms with E-state index in [0.29, 0.717) is 0 Å². The van der Waals surface area contributed by atoms with E-state index in [-0.39, 0.29) is 17.7 Å². The third kappa shape index (κ3) is 5.03. The van der Waals surface area contributed by atoms with E-state index >= 15 is 0 Å². The summed E-state index contributed by atoms with van der Waals surface area (Å²) >= 11 is 0. The lowest BCUT2D eigenvalue weighted by Gasteiger charge is -2.42. The molecule has 2 atom stereocenters. The first-order chi connectivity index (χ1) is 7.96. The van der Waals surface area contributed by atoms with Crippen LogP contribution in [-0.4, -0.2) is 48.8 Å². The highest BCUT2D eigenvalue weighted by molar-refractivity contribution is 4.94. The van der Waals surface area contributed by atoms with E-state index < -0.39 is 0 Å². The highest BCUT2D eigenvalue weighted by atomic mass is 16.5. The van der Waals surface area contributed by atoms with Crippen LogP contribution in [0, 0.1) is 11.3 Å². The van der Waals surface area contributed by atoms with Crippen LogP contribution in [0.15, 0.2) is 0 Å². The zero-order chi connectivity index (χ0) is 12.9. The van der Waals surface area contributed by atoms with Crippen LogP contribution in [0.2, 0.25) is 0 Å². The van der Waals surface area contributed by atoms with Crippen molar-refractivity contribution in [2.24, 2.45) is 0 Å². The molecule has 0 aliphatic carbocycles. The maximum Gasteiger partial charge on any atom is 0.108 e. The summed E-state index contributed by atoms with van der Waals surface area (Å²) in [5.41, 5.74) is -0.109. The molecular formula is C13H25N3O. The molecule has 2 unspecified atom stereocenters. The third-order valence-corrected chi connectivity index (χ3v) is 2.88. The maximum absolute atomic E-state index is 9.11. The maximum atomic E-state index is 9.11. The molecule has 1 saturated heterocycles. The first kappa shape index (κ1) is 14.4. The van der Waals surface area contributed by atoms with Crippen molar-refractivity contribution < 1.29 is 4.74 Å². The molecule has 1 N–H and O–H groups in total. The van der Waals surface area contributed by atoms with Gasteiger partial charge in [0.25, 0.3) is 0 Å². The summed E-state index contributed by atoms with van der Waals surface area (Å²) in [6.45, 7) is 11.9. The van der Waals surface area contributed by atoms with E-state index in [9.17, 15) is 0 Å². The molecule has 1 rings (SSSR count). The number of nitriles is 1. The number of rotatable bonds is 5. The molecule has 17 heavy (non-hydrogen) atoms. The minimum absolute atomic E-state index is 0.0731. The summed E-state index contributed by atoms with van der Waals surface area (Å²) in [5.74, 6) is 0. The van der Waals surface area contributed by atoms with Crippen molar-refractivity contribution in [1.29, 1.82) is 5.26 Å². The number of nitrogens with one attached hydrogen (secondary N) is 1. The van der Waals surface area contributed by atoms with Crippen molar-refractivity contribution >= 4 is 0 Å². The van der Waals surface area contributed by atoms with Gasteiger partial charge in [0.05, 0.1) is 17.8 Å². The lowest BCUT2D eigenvalue weighted by molar-refractivity contribution is -0.129. The average Bonchev–Trinajstić information content (AvgIpc) is 2.21. The quantitative estimate of drug-likeness (QED) is 0.787. The molecule has 4 heteroatoms. The molecule has 98 valence electrons. The monoisotopic (exact) mass is 239 g/mol. The Bertz CT molecular complexity index is 272. The lowest BCUT2D eigenvalue weighted by Crippen LogP contribution is -2.54. The summed E-state index contributed by atoms with van der Waals surface area (Å²) in [5, 5.41) is 12.4. The molecule has 1 aliphatic heterocycles. The van der Waals surface area contributed by atoms with Crippen LogP contribution >= 0.6 is 0 Å². The lowest BCUT2D eigenvalue weighted by atomic mass is 10.0. The predicted molar refractivity (Wildman–Crippen MR) is 68.8 cm³/mol. The molecule has 0 aromatic heterocycles. The summed E-state index contributed by atoms with van der Waals surface area (Å²) < 4.78 is 5.86. The number of morpholine rings is 1. The van der Waals surface area contributed by atoms with Crippen molar-refractivity contribution in [3.05, 3.63) is 0 Å². The van der Waals surface area contributed by atoms with Crippen molar-refractivity contribution in [2.45, 2.75) is 51.9 Å². The molecule has 1 fully saturated rings. The Morgan fingerprint density at radius 3 is 2.82 bits per heavy atom. The van der Waals surface area contributed by atoms with Crippen LogP contribution in [-0.2, 0) is 4.74 Å². The number of hydrogen-bond donors (Lipinski definition) is 1.